The summed E-state index contributed by atoms with van der Waals surface area (Å²) < 4.78 is 69.9. The predicted octanol–water partition coefficient (Wildman–Crippen LogP) is 5.83. The van der Waals surface area contributed by atoms with Gasteiger partial charge in [-0.1, -0.05) is 43.1 Å². The van der Waals surface area contributed by atoms with E-state index in [9.17, 15) is 31.5 Å². The van der Waals surface area contributed by atoms with Crippen LogP contribution < -0.4 is 20.7 Å². The molecule has 0 atom stereocenters. The van der Waals surface area contributed by atoms with Gasteiger partial charge >= 0.3 is 6.18 Å². The van der Waals surface area contributed by atoms with E-state index in [1.165, 1.54) is 10.6 Å². The minimum absolute atomic E-state index is 0.130. The molecule has 3 aromatic rings. The molecule has 3 N–H and O–H groups in total. The lowest BCUT2D eigenvalue weighted by molar-refractivity contribution is -0.124. The highest BCUT2D eigenvalue weighted by Gasteiger charge is 2.29. The van der Waals surface area contributed by atoms with Crippen molar-refractivity contribution in [2.24, 2.45) is 13.0 Å². The van der Waals surface area contributed by atoms with E-state index in [1.54, 1.807) is 38.3 Å². The molecule has 0 bridgehead atoms. The van der Waals surface area contributed by atoms with Gasteiger partial charge in [-0.2, -0.15) is 13.2 Å². The van der Waals surface area contributed by atoms with Gasteiger partial charge in [0.15, 0.2) is 0 Å². The largest absolute Gasteiger partial charge is 0.487 e. The number of aromatic nitrogens is 2. The maximum absolute atomic E-state index is 12.8. The average Bonchev–Trinajstić information content (AvgIpc) is 3.16. The molecule has 3 rings (SSSR count). The second-order valence-corrected chi connectivity index (χ2v) is 9.51. The van der Waals surface area contributed by atoms with Crippen LogP contribution in [-0.2, 0) is 18.4 Å². The van der Waals surface area contributed by atoms with E-state index in [0.717, 1.165) is 6.07 Å². The minimum atomic E-state index is -4.68. The lowest BCUT2D eigenvalue weighted by atomic mass is 10.1. The molecule has 0 saturated carbocycles. The molecule has 1 heterocycles. The monoisotopic (exact) mass is 595 g/mol. The van der Waals surface area contributed by atoms with Gasteiger partial charge in [-0.3, -0.25) is 9.59 Å². The Kier molecular flexibility index (Phi) is 9.49. The van der Waals surface area contributed by atoms with Crippen LogP contribution in [0, 0.1) is 5.92 Å². The summed E-state index contributed by atoms with van der Waals surface area (Å²) in [5, 5.41) is 7.85. The summed E-state index contributed by atoms with van der Waals surface area (Å²) in [6.45, 7) is 0.905. The number of halogens is 7. The third kappa shape index (κ3) is 7.63. The van der Waals surface area contributed by atoms with Crippen molar-refractivity contribution in [1.82, 2.24) is 20.2 Å². The fraction of sp³-hybridized carbons (Fsp3) is 0.375. The van der Waals surface area contributed by atoms with Crippen LogP contribution in [0.1, 0.15) is 29.8 Å². The van der Waals surface area contributed by atoms with Crippen molar-refractivity contribution in [1.29, 1.82) is 0 Å². The van der Waals surface area contributed by atoms with Gasteiger partial charge < -0.3 is 25.3 Å². The number of nitrogens with one attached hydrogen (secondary N) is 3. The summed E-state index contributed by atoms with van der Waals surface area (Å²) in [6.07, 6.45) is -7.58. The number of amides is 2. The minimum Gasteiger partial charge on any atom is -0.487 e. The Hall–Kier alpha value is -3.32. The maximum atomic E-state index is 12.8. The molecule has 0 saturated heterocycles. The first kappa shape index (κ1) is 30.2. The van der Waals surface area contributed by atoms with Crippen LogP contribution in [0.4, 0.5) is 33.6 Å². The summed E-state index contributed by atoms with van der Waals surface area (Å²) in [7, 11) is 1.56. The fourth-order valence-corrected chi connectivity index (χ4v) is 3.93. The van der Waals surface area contributed by atoms with Gasteiger partial charge in [0.05, 0.1) is 32.3 Å². The number of carbonyl (C=O) groups is 2. The molecule has 15 heteroatoms. The van der Waals surface area contributed by atoms with Crippen LogP contribution in [0.3, 0.4) is 0 Å². The zero-order chi connectivity index (χ0) is 29.1. The lowest BCUT2D eigenvalue weighted by Gasteiger charge is -2.15. The number of alkyl halides is 5. The van der Waals surface area contributed by atoms with Crippen molar-refractivity contribution in [2.75, 3.05) is 18.5 Å². The third-order valence-corrected chi connectivity index (χ3v) is 6.17. The number of ether oxygens (including phenoxy) is 1. The molecule has 2 amide bonds. The molecule has 212 valence electrons. The first-order valence-electron chi connectivity index (χ1n) is 11.5. The summed E-state index contributed by atoms with van der Waals surface area (Å²) in [4.78, 5) is 28.8. The predicted molar refractivity (Wildman–Crippen MR) is 137 cm³/mol. The number of nitrogens with zero attached hydrogens (tertiary/aromatic N) is 2. The topological polar surface area (TPSA) is 97.3 Å². The molecule has 1 aromatic heterocycles. The van der Waals surface area contributed by atoms with Gasteiger partial charge in [0.2, 0.25) is 11.9 Å². The zero-order valence-electron chi connectivity index (χ0n) is 20.9. The molecule has 8 nitrogen and oxygen atoms in total. The second kappa shape index (κ2) is 12.2. The number of rotatable bonds is 10. The summed E-state index contributed by atoms with van der Waals surface area (Å²) in [6, 6.07) is 5.56. The summed E-state index contributed by atoms with van der Waals surface area (Å²) in [5.74, 6) is -1.78. The first-order chi connectivity index (χ1) is 18.2. The van der Waals surface area contributed by atoms with E-state index < -0.39 is 37.2 Å². The molecular weight excluding hydrogens is 572 g/mol. The molecule has 0 spiro atoms. The molecule has 0 aliphatic rings. The molecule has 0 radical (unpaired) electrons. The average molecular weight is 596 g/mol. The lowest BCUT2D eigenvalue weighted by Crippen LogP contribution is -2.34. The Morgan fingerprint density at radius 2 is 1.82 bits per heavy atom. The first-order valence-corrected chi connectivity index (χ1v) is 12.2. The Balaban J connectivity index is 1.98. The van der Waals surface area contributed by atoms with Gasteiger partial charge in [-0.05, 0) is 17.7 Å². The van der Waals surface area contributed by atoms with Gasteiger partial charge in [-0.25, -0.2) is 13.8 Å². The van der Waals surface area contributed by atoms with E-state index >= 15 is 0 Å². The highest BCUT2D eigenvalue weighted by molar-refractivity contribution is 6.39. The summed E-state index contributed by atoms with van der Waals surface area (Å²) in [5.41, 5.74) is 0.861. The molecular formula is C24H24Cl2F5N5O3. The van der Waals surface area contributed by atoms with Crippen LogP contribution in [-0.4, -0.2) is 47.1 Å². The number of imidazole rings is 1. The number of carbonyl (C=O) groups excluding carboxylic acids is 2. The van der Waals surface area contributed by atoms with Crippen LogP contribution in [0.2, 0.25) is 10.0 Å². The Bertz CT molecular complexity index is 1380. The smallest absolute Gasteiger partial charge is 0.405 e. The Morgan fingerprint density at radius 3 is 2.44 bits per heavy atom. The number of fused-ring (bicyclic) bond motifs is 1. The zero-order valence-corrected chi connectivity index (χ0v) is 22.4. The molecule has 39 heavy (non-hydrogen) atoms. The van der Waals surface area contributed by atoms with Crippen molar-refractivity contribution in [3.63, 3.8) is 0 Å². The Labute approximate surface area is 229 Å². The van der Waals surface area contributed by atoms with Crippen molar-refractivity contribution in [2.45, 2.75) is 33.0 Å². The van der Waals surface area contributed by atoms with Crippen molar-refractivity contribution in [3.05, 3.63) is 45.4 Å². The van der Waals surface area contributed by atoms with E-state index in [1.807, 2.05) is 0 Å². The second-order valence-electron chi connectivity index (χ2n) is 8.72. The normalized spacial score (nSPS) is 11.8. The van der Waals surface area contributed by atoms with E-state index in [4.69, 9.17) is 27.9 Å². The number of anilines is 2. The van der Waals surface area contributed by atoms with E-state index in [0.29, 0.717) is 11.1 Å². The highest BCUT2D eigenvalue weighted by atomic mass is 35.5. The van der Waals surface area contributed by atoms with Crippen LogP contribution in [0.5, 0.6) is 5.75 Å². The highest BCUT2D eigenvalue weighted by Crippen LogP contribution is 2.37. The SMILES string of the molecule is CC(C)C(=O)NCc1ccc(Cl)c(Nc2nc3cc(C(=O)NCC(F)(F)F)c(OCC(F)F)cc3n2C)c1Cl. The number of aryl methyl sites for hydroxylation is 1. The van der Waals surface area contributed by atoms with Crippen LogP contribution >= 0.6 is 23.2 Å². The summed E-state index contributed by atoms with van der Waals surface area (Å²) >= 11 is 12.9. The van der Waals surface area contributed by atoms with Crippen molar-refractivity contribution >= 4 is 57.7 Å². The third-order valence-electron chi connectivity index (χ3n) is 5.43. The molecule has 2 aromatic carbocycles. The van der Waals surface area contributed by atoms with Gasteiger partial charge in [0, 0.05) is 25.6 Å². The number of hydrogen-bond donors (Lipinski definition) is 3. The van der Waals surface area contributed by atoms with Crippen LogP contribution in [0.15, 0.2) is 24.3 Å². The van der Waals surface area contributed by atoms with Gasteiger partial charge in [-0.15, -0.1) is 0 Å². The standard InChI is InChI=1S/C24H24Cl2F5N5O3/c1-11(2)21(37)32-8-12-4-5-14(25)20(19(12)26)35-23-34-15-6-13(22(38)33-10-24(29,30)31)17(39-9-18(27)28)7-16(15)36(23)3/h4-7,11,18H,8-10H2,1-3H3,(H,32,37)(H,33,38)(H,34,35). The van der Waals surface area contributed by atoms with Gasteiger partial charge in [0.1, 0.15) is 18.9 Å². The molecule has 0 aliphatic carbocycles. The van der Waals surface area contributed by atoms with Crippen LogP contribution in [0.25, 0.3) is 11.0 Å². The molecule has 0 aliphatic heterocycles. The molecule has 0 fully saturated rings. The quantitative estimate of drug-likeness (QED) is 0.256. The van der Waals surface area contributed by atoms with E-state index in [-0.39, 0.29) is 51.3 Å². The molecule has 0 unspecified atom stereocenters. The fourth-order valence-electron chi connectivity index (χ4n) is 3.40. The van der Waals surface area contributed by atoms with Crippen molar-refractivity contribution < 1.29 is 36.3 Å². The Morgan fingerprint density at radius 1 is 1.13 bits per heavy atom. The maximum Gasteiger partial charge on any atom is 0.405 e. The van der Waals surface area contributed by atoms with Crippen molar-refractivity contribution in [3.8, 4) is 5.75 Å². The number of hydrogen-bond acceptors (Lipinski definition) is 5. The number of benzene rings is 2. The van der Waals surface area contributed by atoms with Gasteiger partial charge in [0.25, 0.3) is 12.3 Å². The van der Waals surface area contributed by atoms with E-state index in [2.05, 4.69) is 15.6 Å².